The van der Waals surface area contributed by atoms with Crippen molar-refractivity contribution in [2.24, 2.45) is 0 Å². The number of piperazine rings is 1. The molecule has 0 saturated carbocycles. The van der Waals surface area contributed by atoms with Crippen LogP contribution >= 0.6 is 12.2 Å². The molecule has 2 atom stereocenters. The molecule has 0 spiro atoms. The van der Waals surface area contributed by atoms with Gasteiger partial charge in [0.15, 0.2) is 5.58 Å². The Labute approximate surface area is 258 Å². The molecule has 44 heavy (non-hydrogen) atoms. The number of phenols is 1. The molecule has 3 heterocycles. The molecule has 2 saturated heterocycles. The van der Waals surface area contributed by atoms with Crippen molar-refractivity contribution in [3.05, 3.63) is 107 Å². The van der Waals surface area contributed by atoms with Crippen molar-refractivity contribution in [2.45, 2.75) is 31.7 Å². The van der Waals surface area contributed by atoms with Gasteiger partial charge in [-0.05, 0) is 53.2 Å². The van der Waals surface area contributed by atoms with Gasteiger partial charge in [0.05, 0.1) is 18.6 Å². The van der Waals surface area contributed by atoms with Crippen LogP contribution in [-0.4, -0.2) is 79.6 Å². The first kappa shape index (κ1) is 29.1. The number of hydrogen-bond donors (Lipinski definition) is 3. The van der Waals surface area contributed by atoms with E-state index in [4.69, 9.17) is 16.6 Å². The molecule has 4 aromatic rings. The van der Waals surface area contributed by atoms with Gasteiger partial charge < -0.3 is 29.6 Å². The number of benzene rings is 3. The fraction of sp³-hybridized carbons (Fsp3) is 0.250. The number of rotatable bonds is 8. The first-order valence-corrected chi connectivity index (χ1v) is 14.7. The van der Waals surface area contributed by atoms with Crippen LogP contribution in [0.25, 0.3) is 11.1 Å². The number of carbonyl (C=O) groups is 3. The number of nitrogens with one attached hydrogen (secondary N) is 2. The highest BCUT2D eigenvalue weighted by Gasteiger charge is 2.51. The number of aromatic nitrogens is 1. The standard InChI is InChI=1S/C32H32N6O5S/c1-2-14-36-20-29(40)37-26(15-21-8-11-24(39)12-9-21)30(41)35(18-23-10-13-25-27(16-23)43-32(44)34-25)19-28(37)38(36)31(42)33-17-22-6-4-3-5-7-22/h2-13,16,26,28,39H,1,14-15,17-20H2,(H,33,42)(H,34,44)/t26-,28-/m0/s1. The van der Waals surface area contributed by atoms with Crippen LogP contribution in [0.1, 0.15) is 16.7 Å². The zero-order valence-corrected chi connectivity index (χ0v) is 24.7. The van der Waals surface area contributed by atoms with Crippen LogP contribution in [0.4, 0.5) is 4.79 Å². The van der Waals surface area contributed by atoms with Gasteiger partial charge in [-0.25, -0.2) is 14.8 Å². The molecule has 3 aromatic carbocycles. The van der Waals surface area contributed by atoms with Gasteiger partial charge in [-0.15, -0.1) is 6.58 Å². The molecule has 0 radical (unpaired) electrons. The number of H-pyrrole nitrogens is 1. The van der Waals surface area contributed by atoms with Crippen LogP contribution in [0.3, 0.4) is 0 Å². The lowest BCUT2D eigenvalue weighted by molar-refractivity contribution is -0.189. The topological polar surface area (TPSA) is 125 Å². The van der Waals surface area contributed by atoms with Gasteiger partial charge >= 0.3 is 6.03 Å². The van der Waals surface area contributed by atoms with Crippen molar-refractivity contribution in [3.8, 4) is 5.75 Å². The Morgan fingerprint density at radius 3 is 2.57 bits per heavy atom. The maximum absolute atomic E-state index is 14.2. The smallest absolute Gasteiger partial charge is 0.334 e. The first-order chi connectivity index (χ1) is 21.3. The minimum atomic E-state index is -0.874. The zero-order chi connectivity index (χ0) is 30.8. The maximum Gasteiger partial charge on any atom is 0.334 e. The summed E-state index contributed by atoms with van der Waals surface area (Å²) in [6.45, 7) is 4.63. The Morgan fingerprint density at radius 2 is 1.82 bits per heavy atom. The Balaban J connectivity index is 1.35. The molecule has 6 rings (SSSR count). The largest absolute Gasteiger partial charge is 0.508 e. The van der Waals surface area contributed by atoms with Crippen LogP contribution in [0.15, 0.2) is 89.9 Å². The molecule has 2 aliphatic rings. The van der Waals surface area contributed by atoms with Gasteiger partial charge in [0.2, 0.25) is 11.8 Å². The Morgan fingerprint density at radius 1 is 1.07 bits per heavy atom. The third kappa shape index (κ3) is 5.94. The van der Waals surface area contributed by atoms with E-state index < -0.39 is 12.2 Å². The van der Waals surface area contributed by atoms with E-state index in [1.165, 1.54) is 0 Å². The summed E-state index contributed by atoms with van der Waals surface area (Å²) in [6, 6.07) is 20.4. The number of carbonyl (C=O) groups excluding carboxylic acids is 3. The number of hydrazine groups is 1. The highest BCUT2D eigenvalue weighted by atomic mass is 32.1. The normalized spacial score (nSPS) is 18.9. The second kappa shape index (κ2) is 12.3. The molecule has 226 valence electrons. The molecular formula is C32H32N6O5S. The summed E-state index contributed by atoms with van der Waals surface area (Å²) in [5, 5.41) is 16.0. The van der Waals surface area contributed by atoms with E-state index in [1.54, 1.807) is 50.2 Å². The average molecular weight is 613 g/mol. The van der Waals surface area contributed by atoms with Gasteiger partial charge in [0, 0.05) is 26.1 Å². The van der Waals surface area contributed by atoms with Gasteiger partial charge in [-0.1, -0.05) is 54.6 Å². The third-order valence-electron chi connectivity index (χ3n) is 7.89. The molecule has 1 aromatic heterocycles. The molecule has 2 aliphatic heterocycles. The van der Waals surface area contributed by atoms with Crippen LogP contribution in [0, 0.1) is 4.84 Å². The molecule has 12 heteroatoms. The lowest BCUT2D eigenvalue weighted by atomic mass is 9.98. The van der Waals surface area contributed by atoms with Crippen LogP contribution in [-0.2, 0) is 29.1 Å². The second-order valence-electron chi connectivity index (χ2n) is 10.9. The Hall–Kier alpha value is -4.94. The van der Waals surface area contributed by atoms with Gasteiger partial charge in [-0.2, -0.15) is 0 Å². The van der Waals surface area contributed by atoms with Crippen molar-refractivity contribution in [2.75, 3.05) is 19.6 Å². The number of amides is 4. The summed E-state index contributed by atoms with van der Waals surface area (Å²) >= 11 is 5.12. The quantitative estimate of drug-likeness (QED) is 0.203. The van der Waals surface area contributed by atoms with E-state index in [0.29, 0.717) is 12.1 Å². The molecule has 0 aliphatic carbocycles. The highest BCUT2D eigenvalue weighted by Crippen LogP contribution is 2.30. The van der Waals surface area contributed by atoms with Crippen molar-refractivity contribution in [1.82, 2.24) is 30.1 Å². The molecule has 0 unspecified atom stereocenters. The van der Waals surface area contributed by atoms with E-state index in [-0.39, 0.29) is 61.0 Å². The number of nitrogens with zero attached hydrogens (tertiary/aromatic N) is 4. The summed E-state index contributed by atoms with van der Waals surface area (Å²) in [6.07, 6.45) is 1.08. The van der Waals surface area contributed by atoms with E-state index in [1.807, 2.05) is 48.5 Å². The predicted octanol–water partition coefficient (Wildman–Crippen LogP) is 3.93. The van der Waals surface area contributed by atoms with Gasteiger partial charge in [-0.3, -0.25) is 9.59 Å². The van der Waals surface area contributed by atoms with Crippen molar-refractivity contribution < 1.29 is 23.9 Å². The molecule has 4 amide bonds. The zero-order valence-electron chi connectivity index (χ0n) is 23.9. The van der Waals surface area contributed by atoms with E-state index in [9.17, 15) is 19.5 Å². The van der Waals surface area contributed by atoms with Crippen molar-refractivity contribution in [1.29, 1.82) is 0 Å². The average Bonchev–Trinajstić information content (AvgIpc) is 3.39. The first-order valence-electron chi connectivity index (χ1n) is 14.3. The minimum absolute atomic E-state index is 0.0876. The van der Waals surface area contributed by atoms with Crippen LogP contribution < -0.4 is 5.32 Å². The van der Waals surface area contributed by atoms with Gasteiger partial charge in [0.1, 0.15) is 18.0 Å². The number of oxazole rings is 1. The maximum atomic E-state index is 14.2. The Bertz CT molecular complexity index is 1750. The molecule has 0 bridgehead atoms. The summed E-state index contributed by atoms with van der Waals surface area (Å²) in [4.78, 5) is 48.2. The third-order valence-corrected chi connectivity index (χ3v) is 8.07. The van der Waals surface area contributed by atoms with E-state index in [0.717, 1.165) is 22.2 Å². The fourth-order valence-corrected chi connectivity index (χ4v) is 6.06. The SMILES string of the molecule is C=CCN1CC(=O)N2[C@@H](Cc3ccc(O)cc3)C(=O)N(Cc3ccc4[nH]c(=S)oc4c3)C[C@@H]2N1C(=O)NCc1ccccc1. The van der Waals surface area contributed by atoms with Crippen molar-refractivity contribution >= 4 is 41.2 Å². The second-order valence-corrected chi connectivity index (χ2v) is 11.2. The molecule has 3 N–H and O–H groups in total. The number of aromatic hydroxyl groups is 1. The summed E-state index contributed by atoms with van der Waals surface area (Å²) in [5.74, 6) is -0.391. The van der Waals surface area contributed by atoms with E-state index >= 15 is 0 Å². The number of urea groups is 1. The lowest BCUT2D eigenvalue weighted by Crippen LogP contribution is -2.76. The predicted molar refractivity (Wildman–Crippen MR) is 165 cm³/mol. The highest BCUT2D eigenvalue weighted by molar-refractivity contribution is 7.71. The van der Waals surface area contributed by atoms with E-state index in [2.05, 4.69) is 16.9 Å². The summed E-state index contributed by atoms with van der Waals surface area (Å²) in [7, 11) is 0. The van der Waals surface area contributed by atoms with Crippen LogP contribution in [0.2, 0.25) is 0 Å². The number of aromatic amines is 1. The Kier molecular flexibility index (Phi) is 8.18. The summed E-state index contributed by atoms with van der Waals surface area (Å²) < 4.78 is 5.59. The summed E-state index contributed by atoms with van der Waals surface area (Å²) in [5.41, 5.74) is 3.84. The molecule has 2 fully saturated rings. The number of phenolic OH excluding ortho intramolecular Hbond substituents is 1. The fourth-order valence-electron chi connectivity index (χ4n) is 5.86. The lowest BCUT2D eigenvalue weighted by Gasteiger charge is -2.55. The van der Waals surface area contributed by atoms with Crippen LogP contribution in [0.5, 0.6) is 5.75 Å². The van der Waals surface area contributed by atoms with Crippen molar-refractivity contribution in [3.63, 3.8) is 0 Å². The minimum Gasteiger partial charge on any atom is -0.508 e. The number of hydrogen-bond acceptors (Lipinski definition) is 7. The molecule has 11 nitrogen and oxygen atoms in total. The molecular weight excluding hydrogens is 580 g/mol. The number of fused-ring (bicyclic) bond motifs is 2. The monoisotopic (exact) mass is 612 g/mol. The van der Waals surface area contributed by atoms with Gasteiger partial charge in [0.25, 0.3) is 4.84 Å².